The number of nitrogens with zero attached hydrogens (tertiary/aromatic N) is 3. The van der Waals surface area contributed by atoms with Crippen molar-refractivity contribution in [3.05, 3.63) is 35.4 Å². The molecule has 0 aliphatic heterocycles. The zero-order valence-electron chi connectivity index (χ0n) is 11.7. The highest BCUT2D eigenvalue weighted by molar-refractivity contribution is 7.98. The summed E-state index contributed by atoms with van der Waals surface area (Å²) in [4.78, 5) is 11.4. The lowest BCUT2D eigenvalue weighted by Crippen LogP contribution is -2.02. The van der Waals surface area contributed by atoms with Gasteiger partial charge in [-0.05, 0) is 30.5 Å². The Morgan fingerprint density at radius 3 is 2.71 bits per heavy atom. The van der Waals surface area contributed by atoms with E-state index in [1.54, 1.807) is 23.9 Å². The van der Waals surface area contributed by atoms with Crippen molar-refractivity contribution in [2.75, 3.05) is 12.8 Å². The molecule has 0 amide bonds. The van der Waals surface area contributed by atoms with Gasteiger partial charge < -0.3 is 10.5 Å². The fourth-order valence-electron chi connectivity index (χ4n) is 2.07. The summed E-state index contributed by atoms with van der Waals surface area (Å²) in [6, 6.07) is 7.83. The maximum atomic E-state index is 11.4. The van der Waals surface area contributed by atoms with Gasteiger partial charge in [-0.3, -0.25) is 4.57 Å². The first-order chi connectivity index (χ1) is 10.2. The number of thioether (sulfide) groups is 1. The summed E-state index contributed by atoms with van der Waals surface area (Å²) in [5.41, 5.74) is 7.50. The summed E-state index contributed by atoms with van der Waals surface area (Å²) in [6.07, 6.45) is 2.28. The van der Waals surface area contributed by atoms with Gasteiger partial charge in [-0.15, -0.1) is 10.2 Å². The third-order valence-corrected chi connectivity index (χ3v) is 4.36. The van der Waals surface area contributed by atoms with E-state index in [1.807, 2.05) is 16.7 Å². The van der Waals surface area contributed by atoms with Crippen LogP contribution in [0.25, 0.3) is 0 Å². The van der Waals surface area contributed by atoms with Crippen LogP contribution in [-0.4, -0.2) is 27.8 Å². The first-order valence-corrected chi connectivity index (χ1v) is 7.68. The van der Waals surface area contributed by atoms with Crippen LogP contribution < -0.4 is 5.73 Å². The molecule has 1 heterocycles. The zero-order valence-corrected chi connectivity index (χ0v) is 12.5. The van der Waals surface area contributed by atoms with E-state index in [1.165, 1.54) is 7.11 Å². The molecule has 2 N–H and O–H groups in total. The zero-order chi connectivity index (χ0) is 14.8. The summed E-state index contributed by atoms with van der Waals surface area (Å²) >= 11 is 1.60. The molecule has 0 bridgehead atoms. The van der Waals surface area contributed by atoms with Crippen LogP contribution in [0, 0.1) is 0 Å². The van der Waals surface area contributed by atoms with Crippen LogP contribution in [0.5, 0.6) is 0 Å². The van der Waals surface area contributed by atoms with Crippen molar-refractivity contribution in [3.8, 4) is 0 Å². The molecule has 0 unspecified atom stereocenters. The Morgan fingerprint density at radius 2 is 2.10 bits per heavy atom. The maximum absolute atomic E-state index is 11.4. The molecule has 1 aliphatic carbocycles. The van der Waals surface area contributed by atoms with Crippen LogP contribution >= 0.6 is 11.8 Å². The summed E-state index contributed by atoms with van der Waals surface area (Å²) < 4.78 is 6.68. The number of hydrogen-bond donors (Lipinski definition) is 1. The van der Waals surface area contributed by atoms with Crippen molar-refractivity contribution in [1.82, 2.24) is 14.8 Å². The van der Waals surface area contributed by atoms with Gasteiger partial charge in [0.25, 0.3) is 0 Å². The minimum absolute atomic E-state index is 0.324. The Balaban J connectivity index is 1.66. The van der Waals surface area contributed by atoms with E-state index in [0.29, 0.717) is 17.6 Å². The summed E-state index contributed by atoms with van der Waals surface area (Å²) in [5, 5.41) is 8.93. The lowest BCUT2D eigenvalue weighted by Gasteiger charge is -2.06. The van der Waals surface area contributed by atoms with E-state index in [2.05, 4.69) is 14.9 Å². The van der Waals surface area contributed by atoms with Gasteiger partial charge in [0, 0.05) is 11.8 Å². The molecule has 6 nitrogen and oxygen atoms in total. The van der Waals surface area contributed by atoms with Crippen molar-refractivity contribution in [2.24, 2.45) is 0 Å². The van der Waals surface area contributed by atoms with Crippen molar-refractivity contribution in [2.45, 2.75) is 29.8 Å². The Labute approximate surface area is 126 Å². The minimum atomic E-state index is -0.324. The third-order valence-electron chi connectivity index (χ3n) is 3.35. The van der Waals surface area contributed by atoms with Gasteiger partial charge in [-0.1, -0.05) is 23.9 Å². The van der Waals surface area contributed by atoms with Crippen LogP contribution in [0.15, 0.2) is 29.4 Å². The highest BCUT2D eigenvalue weighted by Crippen LogP contribution is 2.39. The second-order valence-corrected chi connectivity index (χ2v) is 5.86. The van der Waals surface area contributed by atoms with E-state index in [4.69, 9.17) is 5.73 Å². The Bertz CT molecular complexity index is 649. The predicted octanol–water partition coefficient (Wildman–Crippen LogP) is 2.27. The predicted molar refractivity (Wildman–Crippen MR) is 80.0 cm³/mol. The van der Waals surface area contributed by atoms with E-state index in [0.717, 1.165) is 29.3 Å². The molecule has 1 aromatic heterocycles. The van der Waals surface area contributed by atoms with E-state index in [-0.39, 0.29) is 5.97 Å². The summed E-state index contributed by atoms with van der Waals surface area (Å²) in [6.45, 7) is 0. The molecule has 3 rings (SSSR count). The minimum Gasteiger partial charge on any atom is -0.465 e. The largest absolute Gasteiger partial charge is 0.465 e. The molecule has 110 valence electrons. The molecule has 2 aromatic rings. The fraction of sp³-hybridized carbons (Fsp3) is 0.357. The fourth-order valence-corrected chi connectivity index (χ4v) is 3.03. The first kappa shape index (κ1) is 13.9. The molecule has 1 saturated carbocycles. The smallest absolute Gasteiger partial charge is 0.337 e. The van der Waals surface area contributed by atoms with Crippen LogP contribution in [0.4, 0.5) is 5.95 Å². The van der Waals surface area contributed by atoms with Gasteiger partial charge in [0.1, 0.15) is 0 Å². The van der Waals surface area contributed by atoms with Gasteiger partial charge in [-0.25, -0.2) is 4.79 Å². The Kier molecular flexibility index (Phi) is 3.83. The molecular formula is C14H16N4O2S. The van der Waals surface area contributed by atoms with Gasteiger partial charge in [0.2, 0.25) is 5.95 Å². The highest BCUT2D eigenvalue weighted by atomic mass is 32.2. The number of nitrogen functional groups attached to an aromatic ring is 1. The van der Waals surface area contributed by atoms with Gasteiger partial charge in [0.05, 0.1) is 12.7 Å². The quantitative estimate of drug-likeness (QED) is 0.674. The number of hydrogen-bond acceptors (Lipinski definition) is 6. The molecule has 0 atom stereocenters. The first-order valence-electron chi connectivity index (χ1n) is 6.69. The Morgan fingerprint density at radius 1 is 1.38 bits per heavy atom. The monoisotopic (exact) mass is 304 g/mol. The average Bonchev–Trinajstić information content (AvgIpc) is 3.28. The number of aromatic nitrogens is 3. The lowest BCUT2D eigenvalue weighted by molar-refractivity contribution is 0.0600. The number of carbonyl (C=O) groups is 1. The molecular weight excluding hydrogens is 288 g/mol. The number of methoxy groups -OCH3 is 1. The van der Waals surface area contributed by atoms with Gasteiger partial charge in [0.15, 0.2) is 5.16 Å². The molecule has 1 aliphatic rings. The van der Waals surface area contributed by atoms with Crippen molar-refractivity contribution < 1.29 is 9.53 Å². The van der Waals surface area contributed by atoms with Crippen molar-refractivity contribution in [3.63, 3.8) is 0 Å². The second-order valence-electron chi connectivity index (χ2n) is 4.92. The number of ether oxygens (including phenoxy) is 1. The van der Waals surface area contributed by atoms with E-state index in [9.17, 15) is 4.79 Å². The number of carbonyl (C=O) groups excluding carboxylic acids is 1. The van der Waals surface area contributed by atoms with Crippen molar-refractivity contribution >= 4 is 23.7 Å². The summed E-state index contributed by atoms with van der Waals surface area (Å²) in [5.74, 6) is 0.920. The Hall–Kier alpha value is -2.02. The van der Waals surface area contributed by atoms with Crippen molar-refractivity contribution in [1.29, 1.82) is 0 Å². The lowest BCUT2D eigenvalue weighted by atomic mass is 10.1. The van der Waals surface area contributed by atoms with Gasteiger partial charge >= 0.3 is 5.97 Å². The molecule has 1 fully saturated rings. The SMILES string of the molecule is COC(=O)c1ccc(CSc2nnc(N)n2C2CC2)cc1. The standard InChI is InChI=1S/C14H16N4O2S/c1-20-12(19)10-4-2-9(3-5-10)8-21-14-17-16-13(15)18(14)11-6-7-11/h2-5,11H,6-8H2,1H3,(H2,15,16). The number of anilines is 1. The third kappa shape index (κ3) is 3.02. The summed E-state index contributed by atoms with van der Waals surface area (Å²) in [7, 11) is 1.38. The highest BCUT2D eigenvalue weighted by Gasteiger charge is 2.28. The number of rotatable bonds is 5. The maximum Gasteiger partial charge on any atom is 0.337 e. The average molecular weight is 304 g/mol. The molecule has 0 spiro atoms. The van der Waals surface area contributed by atoms with Gasteiger partial charge in [-0.2, -0.15) is 0 Å². The van der Waals surface area contributed by atoms with Crippen LogP contribution in [0.1, 0.15) is 34.8 Å². The second kappa shape index (κ2) is 5.77. The van der Waals surface area contributed by atoms with E-state index < -0.39 is 0 Å². The van der Waals surface area contributed by atoms with E-state index >= 15 is 0 Å². The number of benzene rings is 1. The number of esters is 1. The topological polar surface area (TPSA) is 83.0 Å². The molecule has 1 aromatic carbocycles. The molecule has 7 heteroatoms. The number of nitrogens with two attached hydrogens (primary N) is 1. The van der Waals surface area contributed by atoms with Crippen LogP contribution in [0.3, 0.4) is 0 Å². The normalized spacial score (nSPS) is 14.1. The molecule has 0 saturated heterocycles. The molecule has 0 radical (unpaired) electrons. The van der Waals surface area contributed by atoms with Crippen LogP contribution in [-0.2, 0) is 10.5 Å². The van der Waals surface area contributed by atoms with Crippen LogP contribution in [0.2, 0.25) is 0 Å². The molecule has 21 heavy (non-hydrogen) atoms.